The summed E-state index contributed by atoms with van der Waals surface area (Å²) in [6.45, 7) is 7.72. The van der Waals surface area contributed by atoms with Gasteiger partial charge in [-0.2, -0.15) is 0 Å². The third-order valence-electron chi connectivity index (χ3n) is 2.10. The molecular weight excluding hydrogens is 110 g/mol. The molecule has 2 atom stereocenters. The minimum absolute atomic E-state index is 0.768. The van der Waals surface area contributed by atoms with Crippen LogP contribution in [0.2, 0.25) is 0 Å². The molecule has 0 aromatic carbocycles. The topological polar surface area (TPSA) is 12.0 Å². The highest BCUT2D eigenvalue weighted by atomic mass is 14.9. The lowest BCUT2D eigenvalue weighted by molar-refractivity contribution is 0.428. The van der Waals surface area contributed by atoms with Gasteiger partial charge in [-0.05, 0) is 12.8 Å². The molecule has 0 saturated heterocycles. The summed E-state index contributed by atoms with van der Waals surface area (Å²) in [6, 6.07) is 0. The Hall–Kier alpha value is -0.460. The fraction of sp³-hybridized carbons (Fsp3) is 0.750. The van der Waals surface area contributed by atoms with E-state index in [9.17, 15) is 0 Å². The first kappa shape index (κ1) is 6.66. The zero-order valence-corrected chi connectivity index (χ0v) is 6.44. The molecule has 0 radical (unpaired) electrons. The van der Waals surface area contributed by atoms with Gasteiger partial charge in [-0.25, -0.2) is 0 Å². The minimum atomic E-state index is 0.768. The molecule has 0 aromatic rings. The summed E-state index contributed by atoms with van der Waals surface area (Å²) in [5, 5.41) is 3.32. The van der Waals surface area contributed by atoms with Gasteiger partial charge in [-0.1, -0.05) is 19.9 Å². The normalized spacial score (nSPS) is 33.0. The standard InChI is InChI=1S/C8H15N/c1-4-9-8-5-6(2)7(8)3/h5-7,9H,4H2,1-3H3. The number of rotatable bonds is 2. The van der Waals surface area contributed by atoms with Crippen molar-refractivity contribution in [3.8, 4) is 0 Å². The molecule has 1 aliphatic carbocycles. The molecule has 1 aliphatic rings. The van der Waals surface area contributed by atoms with E-state index in [0.29, 0.717) is 0 Å². The maximum absolute atomic E-state index is 3.32. The first-order valence-corrected chi connectivity index (χ1v) is 3.71. The predicted molar refractivity (Wildman–Crippen MR) is 40.1 cm³/mol. The molecule has 2 unspecified atom stereocenters. The smallest absolute Gasteiger partial charge is 0.0115 e. The van der Waals surface area contributed by atoms with Gasteiger partial charge in [0.25, 0.3) is 0 Å². The maximum Gasteiger partial charge on any atom is 0.0115 e. The number of hydrogen-bond acceptors (Lipinski definition) is 1. The zero-order valence-electron chi connectivity index (χ0n) is 6.44. The predicted octanol–water partition coefficient (Wildman–Crippen LogP) is 1.77. The van der Waals surface area contributed by atoms with Gasteiger partial charge in [-0.3, -0.25) is 0 Å². The van der Waals surface area contributed by atoms with E-state index in [-0.39, 0.29) is 0 Å². The summed E-state index contributed by atoms with van der Waals surface area (Å²) in [7, 11) is 0. The lowest BCUT2D eigenvalue weighted by Gasteiger charge is -2.31. The summed E-state index contributed by atoms with van der Waals surface area (Å²) in [5.41, 5.74) is 1.44. The Bertz CT molecular complexity index is 127. The first-order valence-electron chi connectivity index (χ1n) is 3.71. The van der Waals surface area contributed by atoms with Crippen LogP contribution < -0.4 is 5.32 Å². The highest BCUT2D eigenvalue weighted by Crippen LogP contribution is 2.29. The van der Waals surface area contributed by atoms with Crippen LogP contribution in [0.1, 0.15) is 20.8 Å². The third kappa shape index (κ3) is 1.09. The molecule has 0 amide bonds. The van der Waals surface area contributed by atoms with Gasteiger partial charge >= 0.3 is 0 Å². The molecule has 1 N–H and O–H groups in total. The van der Waals surface area contributed by atoms with Crippen LogP contribution in [0.4, 0.5) is 0 Å². The van der Waals surface area contributed by atoms with Crippen LogP contribution in [-0.4, -0.2) is 6.54 Å². The Morgan fingerprint density at radius 3 is 2.56 bits per heavy atom. The van der Waals surface area contributed by atoms with Crippen molar-refractivity contribution >= 4 is 0 Å². The quantitative estimate of drug-likeness (QED) is 0.593. The molecule has 1 heteroatoms. The van der Waals surface area contributed by atoms with E-state index in [1.807, 2.05) is 0 Å². The summed E-state index contributed by atoms with van der Waals surface area (Å²) < 4.78 is 0. The Kier molecular flexibility index (Phi) is 1.79. The van der Waals surface area contributed by atoms with Crippen LogP contribution in [0.3, 0.4) is 0 Å². The van der Waals surface area contributed by atoms with E-state index < -0.39 is 0 Å². The Morgan fingerprint density at radius 1 is 1.56 bits per heavy atom. The highest BCUT2D eigenvalue weighted by Gasteiger charge is 2.23. The van der Waals surface area contributed by atoms with Gasteiger partial charge in [0.05, 0.1) is 0 Å². The van der Waals surface area contributed by atoms with Crippen molar-refractivity contribution in [1.82, 2.24) is 5.32 Å². The average molecular weight is 125 g/mol. The van der Waals surface area contributed by atoms with Crippen molar-refractivity contribution < 1.29 is 0 Å². The van der Waals surface area contributed by atoms with Crippen LogP contribution in [0.5, 0.6) is 0 Å². The van der Waals surface area contributed by atoms with Crippen LogP contribution in [0, 0.1) is 11.8 Å². The summed E-state index contributed by atoms with van der Waals surface area (Å²) in [6.07, 6.45) is 2.30. The molecule has 0 heterocycles. The van der Waals surface area contributed by atoms with E-state index in [1.54, 1.807) is 0 Å². The molecule has 0 spiro atoms. The molecule has 0 aliphatic heterocycles. The van der Waals surface area contributed by atoms with Crippen molar-refractivity contribution in [2.24, 2.45) is 11.8 Å². The van der Waals surface area contributed by atoms with Gasteiger partial charge in [0.15, 0.2) is 0 Å². The third-order valence-corrected chi connectivity index (χ3v) is 2.10. The van der Waals surface area contributed by atoms with Crippen molar-refractivity contribution in [1.29, 1.82) is 0 Å². The summed E-state index contributed by atoms with van der Waals surface area (Å²) in [4.78, 5) is 0. The van der Waals surface area contributed by atoms with Crippen LogP contribution in [-0.2, 0) is 0 Å². The highest BCUT2D eigenvalue weighted by molar-refractivity contribution is 5.18. The molecule has 0 aromatic heterocycles. The second kappa shape index (κ2) is 2.42. The van der Waals surface area contributed by atoms with Gasteiger partial charge in [0.1, 0.15) is 0 Å². The molecule has 1 nitrogen and oxygen atoms in total. The lowest BCUT2D eigenvalue weighted by atomic mass is 9.81. The molecule has 1 rings (SSSR count). The average Bonchev–Trinajstić information content (AvgIpc) is 1.88. The Balaban J connectivity index is 2.37. The van der Waals surface area contributed by atoms with E-state index in [2.05, 4.69) is 32.2 Å². The van der Waals surface area contributed by atoms with Crippen molar-refractivity contribution in [3.05, 3.63) is 11.8 Å². The Labute approximate surface area is 57.1 Å². The fourth-order valence-corrected chi connectivity index (χ4v) is 1.17. The van der Waals surface area contributed by atoms with E-state index in [1.165, 1.54) is 5.70 Å². The van der Waals surface area contributed by atoms with Gasteiger partial charge in [-0.15, -0.1) is 0 Å². The van der Waals surface area contributed by atoms with E-state index >= 15 is 0 Å². The number of hydrogen-bond donors (Lipinski definition) is 1. The molecule has 0 bridgehead atoms. The van der Waals surface area contributed by atoms with Crippen molar-refractivity contribution in [2.75, 3.05) is 6.54 Å². The Morgan fingerprint density at radius 2 is 2.22 bits per heavy atom. The number of allylic oxidation sites excluding steroid dienone is 2. The molecule has 0 fully saturated rings. The van der Waals surface area contributed by atoms with Crippen LogP contribution >= 0.6 is 0 Å². The summed E-state index contributed by atoms with van der Waals surface area (Å²) >= 11 is 0. The largest absolute Gasteiger partial charge is 0.389 e. The van der Waals surface area contributed by atoms with Gasteiger partial charge in [0.2, 0.25) is 0 Å². The second-order valence-electron chi connectivity index (χ2n) is 2.80. The SMILES string of the molecule is CCNC1=CC(C)C1C. The second-order valence-corrected chi connectivity index (χ2v) is 2.80. The van der Waals surface area contributed by atoms with Gasteiger partial charge in [0, 0.05) is 18.2 Å². The maximum atomic E-state index is 3.32. The monoisotopic (exact) mass is 125 g/mol. The molecular formula is C8H15N. The number of nitrogens with one attached hydrogen (secondary N) is 1. The lowest BCUT2D eigenvalue weighted by Crippen LogP contribution is -2.29. The molecule has 52 valence electrons. The fourth-order valence-electron chi connectivity index (χ4n) is 1.17. The zero-order chi connectivity index (χ0) is 6.85. The summed E-state index contributed by atoms with van der Waals surface area (Å²) in [5.74, 6) is 1.56. The van der Waals surface area contributed by atoms with Crippen LogP contribution in [0.25, 0.3) is 0 Å². The van der Waals surface area contributed by atoms with Gasteiger partial charge < -0.3 is 5.32 Å². The first-order chi connectivity index (χ1) is 4.25. The van der Waals surface area contributed by atoms with Crippen molar-refractivity contribution in [3.63, 3.8) is 0 Å². The molecule has 0 saturated carbocycles. The minimum Gasteiger partial charge on any atom is -0.389 e. The van der Waals surface area contributed by atoms with E-state index in [4.69, 9.17) is 0 Å². The van der Waals surface area contributed by atoms with E-state index in [0.717, 1.165) is 18.4 Å². The van der Waals surface area contributed by atoms with Crippen molar-refractivity contribution in [2.45, 2.75) is 20.8 Å². The van der Waals surface area contributed by atoms with Crippen LogP contribution in [0.15, 0.2) is 11.8 Å². The molecule has 9 heavy (non-hydrogen) atoms.